The number of carbonyl (C=O) groups excluding carboxylic acids is 1. The van der Waals surface area contributed by atoms with E-state index in [-0.39, 0.29) is 5.91 Å². The van der Waals surface area contributed by atoms with Crippen molar-refractivity contribution in [2.75, 3.05) is 33.9 Å². The molecule has 0 saturated carbocycles. The van der Waals surface area contributed by atoms with Crippen LogP contribution in [0.15, 0.2) is 54.6 Å². The third-order valence-electron chi connectivity index (χ3n) is 7.39. The lowest BCUT2D eigenvalue weighted by atomic mass is 9.74. The largest absolute Gasteiger partial charge is 0.493 e. The van der Waals surface area contributed by atoms with Gasteiger partial charge in [0.25, 0.3) is 5.91 Å². The van der Waals surface area contributed by atoms with Gasteiger partial charge in [0.15, 0.2) is 11.5 Å². The van der Waals surface area contributed by atoms with Crippen LogP contribution in [0, 0.1) is 5.92 Å². The van der Waals surface area contributed by atoms with E-state index in [0.29, 0.717) is 41.5 Å². The summed E-state index contributed by atoms with van der Waals surface area (Å²) in [6.45, 7) is 2.79. The van der Waals surface area contributed by atoms with Gasteiger partial charge in [0.1, 0.15) is 0 Å². The smallest absolute Gasteiger partial charge is 0.251 e. The summed E-state index contributed by atoms with van der Waals surface area (Å²) >= 11 is 0. The third kappa shape index (κ3) is 4.28. The summed E-state index contributed by atoms with van der Waals surface area (Å²) in [6.07, 6.45) is 2.28. The van der Waals surface area contributed by atoms with Crippen LogP contribution in [0.5, 0.6) is 11.5 Å². The maximum absolute atomic E-state index is 12.5. The third-order valence-corrected chi connectivity index (χ3v) is 7.39. The van der Waals surface area contributed by atoms with Gasteiger partial charge in [-0.1, -0.05) is 18.2 Å². The summed E-state index contributed by atoms with van der Waals surface area (Å²) in [7, 11) is 5.33. The van der Waals surface area contributed by atoms with Crippen LogP contribution in [0.25, 0.3) is 11.3 Å². The molecular formula is C27H32N4O3. The summed E-state index contributed by atoms with van der Waals surface area (Å²) in [5, 5.41) is 7.97. The normalized spacial score (nSPS) is 23.5. The molecule has 4 heterocycles. The molecule has 2 aromatic carbocycles. The molecule has 3 aromatic rings. The fraction of sp³-hybridized carbons (Fsp3) is 0.407. The van der Waals surface area contributed by atoms with E-state index in [9.17, 15) is 4.79 Å². The second kappa shape index (κ2) is 9.50. The maximum Gasteiger partial charge on any atom is 0.251 e. The molecule has 3 aliphatic rings. The van der Waals surface area contributed by atoms with Crippen LogP contribution in [0.4, 0.5) is 0 Å². The predicted octanol–water partition coefficient (Wildman–Crippen LogP) is 3.71. The second-order valence-corrected chi connectivity index (χ2v) is 9.26. The molecular weight excluding hydrogens is 428 g/mol. The van der Waals surface area contributed by atoms with Crippen LogP contribution in [0.2, 0.25) is 0 Å². The standard InChI is InChI=1S/C27H32N4O3/c1-30-24(15-23(29-30)20-9-10-25(33-2)26(14-20)34-3)22-17-31-12-11-19(22)13-21(31)16-28-27(32)18-7-5-4-6-8-18/h4-10,14-15,19,21-22H,11-13,16-17H2,1-3H3,(H,28,32)/t19-,21+,22+/m0/s1. The molecule has 3 fully saturated rings. The summed E-state index contributed by atoms with van der Waals surface area (Å²) in [4.78, 5) is 15.0. The van der Waals surface area contributed by atoms with Gasteiger partial charge in [0.05, 0.1) is 19.9 Å². The molecule has 7 nitrogen and oxygen atoms in total. The molecule has 3 aliphatic heterocycles. The monoisotopic (exact) mass is 460 g/mol. The van der Waals surface area contributed by atoms with Gasteiger partial charge in [-0.3, -0.25) is 14.4 Å². The summed E-state index contributed by atoms with van der Waals surface area (Å²) in [6, 6.07) is 18.0. The Morgan fingerprint density at radius 3 is 2.59 bits per heavy atom. The topological polar surface area (TPSA) is 68.6 Å². The number of hydrogen-bond acceptors (Lipinski definition) is 5. The molecule has 34 heavy (non-hydrogen) atoms. The van der Waals surface area contributed by atoms with Crippen LogP contribution in [0.1, 0.15) is 34.8 Å². The minimum atomic E-state index is 0.00555. The number of hydrogen-bond donors (Lipinski definition) is 1. The van der Waals surface area contributed by atoms with Crippen molar-refractivity contribution >= 4 is 5.91 Å². The highest BCUT2D eigenvalue weighted by atomic mass is 16.5. The van der Waals surface area contributed by atoms with Gasteiger partial charge in [0.2, 0.25) is 0 Å². The number of amides is 1. The van der Waals surface area contributed by atoms with Crippen molar-refractivity contribution in [3.8, 4) is 22.8 Å². The lowest BCUT2D eigenvalue weighted by Crippen LogP contribution is -2.56. The second-order valence-electron chi connectivity index (χ2n) is 9.26. The number of benzene rings is 2. The van der Waals surface area contributed by atoms with Crippen LogP contribution in [0.3, 0.4) is 0 Å². The van der Waals surface area contributed by atoms with Crippen molar-refractivity contribution in [3.05, 3.63) is 65.9 Å². The number of carbonyl (C=O) groups is 1. The Bertz CT molecular complexity index is 1160. The van der Waals surface area contributed by atoms with E-state index in [1.807, 2.05) is 60.3 Å². The molecule has 3 saturated heterocycles. The van der Waals surface area contributed by atoms with E-state index < -0.39 is 0 Å². The number of nitrogens with zero attached hydrogens (tertiary/aromatic N) is 3. The van der Waals surface area contributed by atoms with Gasteiger partial charge in [-0.2, -0.15) is 5.10 Å². The van der Waals surface area contributed by atoms with E-state index in [1.165, 1.54) is 12.1 Å². The number of aryl methyl sites for hydroxylation is 1. The number of ether oxygens (including phenoxy) is 2. The number of nitrogens with one attached hydrogen (secondary N) is 1. The van der Waals surface area contributed by atoms with E-state index in [2.05, 4.69) is 16.3 Å². The average Bonchev–Trinajstić information content (AvgIpc) is 3.29. The maximum atomic E-state index is 12.5. The lowest BCUT2D eigenvalue weighted by molar-refractivity contribution is 0.0280. The van der Waals surface area contributed by atoms with Crippen LogP contribution >= 0.6 is 0 Å². The van der Waals surface area contributed by atoms with Gasteiger partial charge in [0, 0.05) is 48.9 Å². The molecule has 1 N–H and O–H groups in total. The fourth-order valence-corrected chi connectivity index (χ4v) is 5.55. The zero-order valence-electron chi connectivity index (χ0n) is 20.0. The highest BCUT2D eigenvalue weighted by molar-refractivity contribution is 5.94. The van der Waals surface area contributed by atoms with Gasteiger partial charge in [-0.05, 0) is 61.7 Å². The Morgan fingerprint density at radius 2 is 1.88 bits per heavy atom. The molecule has 4 atom stereocenters. The van der Waals surface area contributed by atoms with Gasteiger partial charge in [-0.15, -0.1) is 0 Å². The first-order chi connectivity index (χ1) is 16.6. The molecule has 2 bridgehead atoms. The highest BCUT2D eigenvalue weighted by Gasteiger charge is 2.41. The molecule has 178 valence electrons. The Morgan fingerprint density at radius 1 is 1.09 bits per heavy atom. The SMILES string of the molecule is COc1ccc(-c2cc([C@@H]3CN4CC[C@H]3C[C@@H]4CNC(=O)c3ccccc3)n(C)n2)cc1OC. The number of fused-ring (bicyclic) bond motifs is 3. The average molecular weight is 461 g/mol. The summed E-state index contributed by atoms with van der Waals surface area (Å²) < 4.78 is 12.9. The van der Waals surface area contributed by atoms with Crippen molar-refractivity contribution in [3.63, 3.8) is 0 Å². The first kappa shape index (κ1) is 22.5. The molecule has 7 heteroatoms. The Balaban J connectivity index is 1.28. The van der Waals surface area contributed by atoms with Crippen LogP contribution in [-0.4, -0.2) is 60.5 Å². The number of aromatic nitrogens is 2. The van der Waals surface area contributed by atoms with Crippen LogP contribution in [-0.2, 0) is 7.05 Å². The summed E-state index contributed by atoms with van der Waals surface area (Å²) in [5.41, 5.74) is 3.95. The number of piperidine rings is 3. The Kier molecular flexibility index (Phi) is 6.28. The summed E-state index contributed by atoms with van der Waals surface area (Å²) in [5.74, 6) is 2.46. The molecule has 0 aliphatic carbocycles. The number of methoxy groups -OCH3 is 2. The highest BCUT2D eigenvalue weighted by Crippen LogP contribution is 2.42. The molecule has 1 unspecified atom stereocenters. The first-order valence-corrected chi connectivity index (χ1v) is 11.9. The van der Waals surface area contributed by atoms with Gasteiger partial charge >= 0.3 is 0 Å². The van der Waals surface area contributed by atoms with Gasteiger partial charge < -0.3 is 14.8 Å². The lowest BCUT2D eigenvalue weighted by Gasteiger charge is -2.50. The zero-order valence-corrected chi connectivity index (χ0v) is 20.0. The van der Waals surface area contributed by atoms with Crippen molar-refractivity contribution < 1.29 is 14.3 Å². The van der Waals surface area contributed by atoms with E-state index in [1.54, 1.807) is 14.2 Å². The van der Waals surface area contributed by atoms with Crippen molar-refractivity contribution in [1.29, 1.82) is 0 Å². The van der Waals surface area contributed by atoms with E-state index in [0.717, 1.165) is 30.8 Å². The molecule has 6 rings (SSSR count). The van der Waals surface area contributed by atoms with Crippen molar-refractivity contribution in [2.24, 2.45) is 13.0 Å². The first-order valence-electron chi connectivity index (χ1n) is 11.9. The zero-order chi connectivity index (χ0) is 23.7. The van der Waals surface area contributed by atoms with Crippen molar-refractivity contribution in [1.82, 2.24) is 20.0 Å². The Labute approximate surface area is 200 Å². The van der Waals surface area contributed by atoms with E-state index >= 15 is 0 Å². The van der Waals surface area contributed by atoms with E-state index in [4.69, 9.17) is 14.6 Å². The molecule has 0 spiro atoms. The minimum Gasteiger partial charge on any atom is -0.493 e. The minimum absolute atomic E-state index is 0.00555. The molecule has 1 aromatic heterocycles. The molecule has 1 amide bonds. The predicted molar refractivity (Wildman–Crippen MR) is 131 cm³/mol. The number of rotatable bonds is 7. The quantitative estimate of drug-likeness (QED) is 0.582. The fourth-order valence-electron chi connectivity index (χ4n) is 5.55. The molecule has 0 radical (unpaired) electrons. The van der Waals surface area contributed by atoms with Crippen molar-refractivity contribution in [2.45, 2.75) is 24.8 Å². The van der Waals surface area contributed by atoms with Gasteiger partial charge in [-0.25, -0.2) is 0 Å². The van der Waals surface area contributed by atoms with Crippen LogP contribution < -0.4 is 14.8 Å². The Hall–Kier alpha value is -3.32.